The van der Waals surface area contributed by atoms with Gasteiger partial charge < -0.3 is 15.3 Å². The second-order valence-corrected chi connectivity index (χ2v) is 9.51. The summed E-state index contributed by atoms with van der Waals surface area (Å²) in [6.45, 7) is 1.30. The minimum absolute atomic E-state index is 0.0452. The third kappa shape index (κ3) is 3.57. The normalized spacial score (nSPS) is 26.6. The third-order valence-corrected chi connectivity index (χ3v) is 7.68. The molecule has 5 nitrogen and oxygen atoms in total. The summed E-state index contributed by atoms with van der Waals surface area (Å²) in [5, 5.41) is 14.7. The highest BCUT2D eigenvalue weighted by molar-refractivity contribution is 7.18. The number of benzene rings is 1. The van der Waals surface area contributed by atoms with Gasteiger partial charge in [-0.15, -0.1) is 11.3 Å². The van der Waals surface area contributed by atoms with E-state index in [-0.39, 0.29) is 18.1 Å². The maximum absolute atomic E-state index is 12.8. The molecule has 0 unspecified atom stereocenters. The number of aromatic nitrogens is 1. The molecule has 144 valence electrons. The maximum Gasteiger partial charge on any atom is 0.321 e. The number of amides is 2. The van der Waals surface area contributed by atoms with Crippen LogP contribution in [-0.2, 0) is 0 Å². The number of hydrogen-bond acceptors (Lipinski definition) is 4. The molecule has 2 heterocycles. The molecule has 2 aromatic rings. The summed E-state index contributed by atoms with van der Waals surface area (Å²) in [6, 6.07) is 5.96. The number of fused-ring (bicyclic) bond motifs is 1. The standard InChI is InChI=1S/C21H27N3O2S/c25-18-9-10-24(12-16(18)13-3-1-2-4-13)21(26)22-15-7-8-17-19(11-15)27-20(23-17)14-5-6-14/h7-8,11,13-14,16,18,25H,1-6,9-10,12H2,(H,22,26)/t16-,18+/m0/s1. The van der Waals surface area contributed by atoms with Crippen molar-refractivity contribution in [2.75, 3.05) is 18.4 Å². The van der Waals surface area contributed by atoms with Crippen LogP contribution in [0.5, 0.6) is 0 Å². The van der Waals surface area contributed by atoms with Crippen LogP contribution in [0.15, 0.2) is 18.2 Å². The molecule has 1 saturated heterocycles. The average Bonchev–Trinajstić information content (AvgIpc) is 3.21. The SMILES string of the molecule is O=C(Nc1ccc2nc(C3CC3)sc2c1)N1CC[C@@H](O)[C@H](C2CCCC2)C1. The molecular formula is C21H27N3O2S. The van der Waals surface area contributed by atoms with E-state index in [0.29, 0.717) is 31.3 Å². The number of thiazole rings is 1. The van der Waals surface area contributed by atoms with Crippen molar-refractivity contribution < 1.29 is 9.90 Å². The molecule has 2 aliphatic carbocycles. The van der Waals surface area contributed by atoms with Gasteiger partial charge in [-0.25, -0.2) is 9.78 Å². The van der Waals surface area contributed by atoms with Crippen LogP contribution >= 0.6 is 11.3 Å². The molecule has 0 bridgehead atoms. The third-order valence-electron chi connectivity index (χ3n) is 6.50. The Bertz CT molecular complexity index is 841. The van der Waals surface area contributed by atoms with Crippen molar-refractivity contribution in [2.24, 2.45) is 11.8 Å². The number of rotatable bonds is 3. The van der Waals surface area contributed by atoms with Crippen molar-refractivity contribution in [2.45, 2.75) is 57.0 Å². The van der Waals surface area contributed by atoms with Crippen LogP contribution in [0.2, 0.25) is 0 Å². The van der Waals surface area contributed by atoms with Gasteiger partial charge in [-0.3, -0.25) is 0 Å². The Labute approximate surface area is 163 Å². The molecule has 5 rings (SSSR count). The average molecular weight is 386 g/mol. The van der Waals surface area contributed by atoms with Gasteiger partial charge in [-0.2, -0.15) is 0 Å². The zero-order valence-electron chi connectivity index (χ0n) is 15.6. The summed E-state index contributed by atoms with van der Waals surface area (Å²) >= 11 is 1.75. The fourth-order valence-corrected chi connectivity index (χ4v) is 5.91. The number of nitrogens with zero attached hydrogens (tertiary/aromatic N) is 2. The van der Waals surface area contributed by atoms with E-state index in [0.717, 1.165) is 15.9 Å². The zero-order valence-corrected chi connectivity index (χ0v) is 16.4. The van der Waals surface area contributed by atoms with E-state index in [1.165, 1.54) is 43.5 Å². The molecule has 1 aromatic heterocycles. The van der Waals surface area contributed by atoms with Gasteiger partial charge in [0.15, 0.2) is 0 Å². The summed E-state index contributed by atoms with van der Waals surface area (Å²) in [5.74, 6) is 1.47. The number of piperidine rings is 1. The topological polar surface area (TPSA) is 65.5 Å². The van der Waals surface area contributed by atoms with Crippen LogP contribution in [0.25, 0.3) is 10.2 Å². The van der Waals surface area contributed by atoms with Gasteiger partial charge in [-0.05, 0) is 43.4 Å². The zero-order chi connectivity index (χ0) is 18.4. The van der Waals surface area contributed by atoms with Crippen LogP contribution in [-0.4, -0.2) is 40.2 Å². The van der Waals surface area contributed by atoms with Crippen molar-refractivity contribution in [3.8, 4) is 0 Å². The predicted molar refractivity (Wildman–Crippen MR) is 108 cm³/mol. The number of aliphatic hydroxyl groups is 1. The van der Waals surface area contributed by atoms with Crippen LogP contribution in [0, 0.1) is 11.8 Å². The van der Waals surface area contributed by atoms with E-state index in [1.54, 1.807) is 11.3 Å². The summed E-state index contributed by atoms with van der Waals surface area (Å²) in [4.78, 5) is 19.4. The minimum atomic E-state index is -0.258. The maximum atomic E-state index is 12.8. The van der Waals surface area contributed by atoms with Crippen molar-refractivity contribution in [1.29, 1.82) is 0 Å². The number of nitrogens with one attached hydrogen (secondary N) is 1. The minimum Gasteiger partial charge on any atom is -0.393 e. The van der Waals surface area contributed by atoms with Gasteiger partial charge in [0, 0.05) is 30.6 Å². The molecule has 2 N–H and O–H groups in total. The van der Waals surface area contributed by atoms with Crippen LogP contribution in [0.3, 0.4) is 0 Å². The summed E-state index contributed by atoms with van der Waals surface area (Å²) in [5.41, 5.74) is 1.87. The molecule has 0 radical (unpaired) electrons. The lowest BCUT2D eigenvalue weighted by Crippen LogP contribution is -2.49. The fourth-order valence-electron chi connectivity index (χ4n) is 4.73. The monoisotopic (exact) mass is 385 g/mol. The Balaban J connectivity index is 1.27. The van der Waals surface area contributed by atoms with Gasteiger partial charge in [0.1, 0.15) is 0 Å². The number of carbonyl (C=O) groups excluding carboxylic acids is 1. The predicted octanol–water partition coefficient (Wildman–Crippen LogP) is 4.58. The van der Waals surface area contributed by atoms with E-state index >= 15 is 0 Å². The number of aliphatic hydroxyl groups excluding tert-OH is 1. The number of likely N-dealkylation sites (tertiary alicyclic amines) is 1. The van der Waals surface area contributed by atoms with Crippen LogP contribution in [0.1, 0.15) is 55.9 Å². The molecule has 2 atom stereocenters. The van der Waals surface area contributed by atoms with E-state index in [9.17, 15) is 9.90 Å². The molecule has 1 aliphatic heterocycles. The molecule has 3 fully saturated rings. The van der Waals surface area contributed by atoms with Crippen molar-refractivity contribution >= 4 is 33.3 Å². The first-order chi connectivity index (χ1) is 13.2. The number of hydrogen-bond donors (Lipinski definition) is 2. The van der Waals surface area contributed by atoms with Crippen LogP contribution in [0.4, 0.5) is 10.5 Å². The highest BCUT2D eigenvalue weighted by atomic mass is 32.1. The summed E-state index contributed by atoms with van der Waals surface area (Å²) in [6.07, 6.45) is 7.86. The molecule has 1 aromatic carbocycles. The van der Waals surface area contributed by atoms with Gasteiger partial charge in [0.25, 0.3) is 0 Å². The molecule has 3 aliphatic rings. The molecular weight excluding hydrogens is 358 g/mol. The first-order valence-corrected chi connectivity index (χ1v) is 11.1. The van der Waals surface area contributed by atoms with Gasteiger partial charge in [-0.1, -0.05) is 25.7 Å². The van der Waals surface area contributed by atoms with E-state index in [1.807, 2.05) is 23.1 Å². The van der Waals surface area contributed by atoms with Gasteiger partial charge >= 0.3 is 6.03 Å². The fraction of sp³-hybridized carbons (Fsp3) is 0.619. The summed E-state index contributed by atoms with van der Waals surface area (Å²) in [7, 11) is 0. The Morgan fingerprint density at radius 2 is 2.00 bits per heavy atom. The number of carbonyl (C=O) groups is 1. The quantitative estimate of drug-likeness (QED) is 0.813. The first kappa shape index (κ1) is 17.4. The molecule has 27 heavy (non-hydrogen) atoms. The van der Waals surface area contributed by atoms with Gasteiger partial charge in [0.05, 0.1) is 21.3 Å². The second kappa shape index (κ2) is 7.06. The number of anilines is 1. The first-order valence-electron chi connectivity index (χ1n) is 10.3. The lowest BCUT2D eigenvalue weighted by Gasteiger charge is -2.39. The Morgan fingerprint density at radius 3 is 2.78 bits per heavy atom. The number of urea groups is 1. The molecule has 0 spiro atoms. The van der Waals surface area contributed by atoms with Crippen molar-refractivity contribution in [1.82, 2.24) is 9.88 Å². The van der Waals surface area contributed by atoms with Crippen molar-refractivity contribution in [3.05, 3.63) is 23.2 Å². The Morgan fingerprint density at radius 1 is 1.19 bits per heavy atom. The molecule has 6 heteroatoms. The highest BCUT2D eigenvalue weighted by Crippen LogP contribution is 2.43. The van der Waals surface area contributed by atoms with E-state index in [4.69, 9.17) is 4.98 Å². The largest absolute Gasteiger partial charge is 0.393 e. The lowest BCUT2D eigenvalue weighted by atomic mass is 9.82. The summed E-state index contributed by atoms with van der Waals surface area (Å²) < 4.78 is 1.15. The Hall–Kier alpha value is -1.66. The second-order valence-electron chi connectivity index (χ2n) is 8.45. The van der Waals surface area contributed by atoms with Gasteiger partial charge in [0.2, 0.25) is 0 Å². The van der Waals surface area contributed by atoms with Crippen molar-refractivity contribution in [3.63, 3.8) is 0 Å². The molecule has 2 saturated carbocycles. The molecule has 2 amide bonds. The lowest BCUT2D eigenvalue weighted by molar-refractivity contribution is 0.0144. The smallest absolute Gasteiger partial charge is 0.321 e. The highest BCUT2D eigenvalue weighted by Gasteiger charge is 2.36. The Kier molecular flexibility index (Phi) is 4.56. The van der Waals surface area contributed by atoms with E-state index < -0.39 is 0 Å². The van der Waals surface area contributed by atoms with E-state index in [2.05, 4.69) is 5.32 Å². The van der Waals surface area contributed by atoms with Crippen LogP contribution < -0.4 is 5.32 Å².